The van der Waals surface area contributed by atoms with Crippen LogP contribution in [0, 0.1) is 0 Å². The van der Waals surface area contributed by atoms with Crippen molar-refractivity contribution in [2.45, 2.75) is 18.6 Å². The lowest BCUT2D eigenvalue weighted by atomic mass is 9.82. The summed E-state index contributed by atoms with van der Waals surface area (Å²) < 4.78 is 17.1. The first-order chi connectivity index (χ1) is 14.8. The Kier molecular flexibility index (Phi) is 3.81. The van der Waals surface area contributed by atoms with Crippen molar-refractivity contribution in [2.75, 3.05) is 11.7 Å². The highest BCUT2D eigenvalue weighted by molar-refractivity contribution is 6.10. The molecule has 0 radical (unpaired) electrons. The maximum atomic E-state index is 13.7. The average Bonchev–Trinajstić information content (AvgIpc) is 3.41. The van der Waals surface area contributed by atoms with Gasteiger partial charge in [0.2, 0.25) is 6.79 Å². The second-order valence-electron chi connectivity index (χ2n) is 7.63. The number of para-hydroxylation sites is 2. The molecule has 3 aliphatic rings. The summed E-state index contributed by atoms with van der Waals surface area (Å²) in [4.78, 5) is 15.7. The average molecular weight is 397 g/mol. The van der Waals surface area contributed by atoms with E-state index in [-0.39, 0.29) is 24.7 Å². The number of Topliss-reactive ketones (excluding diaryl/α,β-unsaturated/α-hetero) is 1. The van der Waals surface area contributed by atoms with Gasteiger partial charge in [0.1, 0.15) is 5.75 Å². The first-order valence-corrected chi connectivity index (χ1v) is 10.0. The number of anilines is 1. The summed E-state index contributed by atoms with van der Waals surface area (Å²) >= 11 is 0. The Morgan fingerprint density at radius 1 is 0.867 bits per heavy atom. The summed E-state index contributed by atoms with van der Waals surface area (Å²) in [5.41, 5.74) is 3.44. The van der Waals surface area contributed by atoms with E-state index >= 15 is 0 Å². The molecular weight excluding hydrogens is 378 g/mol. The minimum absolute atomic E-state index is 0.00927. The Labute approximate surface area is 174 Å². The fourth-order valence-corrected chi connectivity index (χ4v) is 4.43. The maximum absolute atomic E-state index is 13.7. The predicted octanol–water partition coefficient (Wildman–Crippen LogP) is 4.89. The molecule has 3 aliphatic heterocycles. The van der Waals surface area contributed by atoms with Crippen molar-refractivity contribution in [1.82, 2.24) is 0 Å². The molecule has 148 valence electrons. The summed E-state index contributed by atoms with van der Waals surface area (Å²) in [6.07, 6.45) is 2.53. The van der Waals surface area contributed by atoms with Gasteiger partial charge in [-0.3, -0.25) is 4.79 Å². The lowest BCUT2D eigenvalue weighted by molar-refractivity contribution is 0.101. The third kappa shape index (κ3) is 2.66. The van der Waals surface area contributed by atoms with Gasteiger partial charge in [0, 0.05) is 29.7 Å². The minimum atomic E-state index is -0.124. The molecule has 5 nitrogen and oxygen atoms in total. The third-order valence-corrected chi connectivity index (χ3v) is 5.91. The van der Waals surface area contributed by atoms with Crippen LogP contribution in [0.3, 0.4) is 0 Å². The zero-order valence-corrected chi connectivity index (χ0v) is 16.2. The van der Waals surface area contributed by atoms with Gasteiger partial charge >= 0.3 is 0 Å². The molecule has 3 heterocycles. The lowest BCUT2D eigenvalue weighted by Gasteiger charge is -2.33. The van der Waals surface area contributed by atoms with E-state index in [2.05, 4.69) is 17.0 Å². The second kappa shape index (κ2) is 6.66. The number of hydrogen-bond donors (Lipinski definition) is 0. The zero-order chi connectivity index (χ0) is 20.1. The second-order valence-corrected chi connectivity index (χ2v) is 7.63. The van der Waals surface area contributed by atoms with Crippen LogP contribution in [-0.4, -0.2) is 18.8 Å². The number of allylic oxidation sites excluding steroid dienone is 1. The monoisotopic (exact) mass is 397 g/mol. The van der Waals surface area contributed by atoms with Crippen molar-refractivity contribution < 1.29 is 19.0 Å². The fourth-order valence-electron chi connectivity index (χ4n) is 4.43. The SMILES string of the molecule is O=C(C1=CN2c3ccccc3O[C@@H]2C[C@H]1c1ccccc1)c1ccc2c(c1)OCO2. The van der Waals surface area contributed by atoms with Gasteiger partial charge in [-0.25, -0.2) is 0 Å². The van der Waals surface area contributed by atoms with Gasteiger partial charge in [0.15, 0.2) is 23.5 Å². The Bertz CT molecular complexity index is 1170. The van der Waals surface area contributed by atoms with Crippen LogP contribution < -0.4 is 19.1 Å². The predicted molar refractivity (Wildman–Crippen MR) is 112 cm³/mol. The van der Waals surface area contributed by atoms with E-state index in [9.17, 15) is 4.79 Å². The minimum Gasteiger partial charge on any atom is -0.468 e. The molecule has 6 rings (SSSR count). The number of ketones is 1. The smallest absolute Gasteiger partial charge is 0.231 e. The molecule has 0 aromatic heterocycles. The summed E-state index contributed by atoms with van der Waals surface area (Å²) in [6.45, 7) is 0.186. The number of benzene rings is 3. The number of nitrogens with zero attached hydrogens (tertiary/aromatic N) is 1. The molecule has 30 heavy (non-hydrogen) atoms. The molecule has 0 saturated carbocycles. The van der Waals surface area contributed by atoms with E-state index < -0.39 is 0 Å². The van der Waals surface area contributed by atoms with Crippen LogP contribution >= 0.6 is 0 Å². The van der Waals surface area contributed by atoms with Crippen LogP contribution in [0.4, 0.5) is 5.69 Å². The number of rotatable bonds is 3. The lowest BCUT2D eigenvalue weighted by Crippen LogP contribution is -2.38. The highest BCUT2D eigenvalue weighted by atomic mass is 16.7. The van der Waals surface area contributed by atoms with Gasteiger partial charge in [0.05, 0.1) is 5.69 Å². The molecule has 3 aromatic carbocycles. The molecule has 0 spiro atoms. The van der Waals surface area contributed by atoms with Crippen molar-refractivity contribution in [2.24, 2.45) is 0 Å². The van der Waals surface area contributed by atoms with E-state index in [1.807, 2.05) is 48.7 Å². The molecule has 5 heteroatoms. The number of carbonyl (C=O) groups is 1. The largest absolute Gasteiger partial charge is 0.468 e. The first-order valence-electron chi connectivity index (χ1n) is 10.0. The maximum Gasteiger partial charge on any atom is 0.231 e. The van der Waals surface area contributed by atoms with Crippen LogP contribution in [0.15, 0.2) is 84.6 Å². The van der Waals surface area contributed by atoms with E-state index in [1.165, 1.54) is 0 Å². The summed E-state index contributed by atoms with van der Waals surface area (Å²) in [6, 6.07) is 23.5. The van der Waals surface area contributed by atoms with E-state index in [1.54, 1.807) is 18.2 Å². The van der Waals surface area contributed by atoms with Crippen LogP contribution in [0.1, 0.15) is 28.3 Å². The number of fused-ring (bicyclic) bond motifs is 4. The Hall–Kier alpha value is -3.73. The number of hydrogen-bond acceptors (Lipinski definition) is 5. The van der Waals surface area contributed by atoms with Crippen molar-refractivity contribution >= 4 is 11.5 Å². The summed E-state index contributed by atoms with van der Waals surface area (Å²) in [5, 5.41) is 0. The first kappa shape index (κ1) is 17.2. The van der Waals surface area contributed by atoms with Crippen LogP contribution in [0.5, 0.6) is 17.2 Å². The highest BCUT2D eigenvalue weighted by Gasteiger charge is 2.39. The molecule has 2 atom stereocenters. The molecular formula is C25H19NO4. The molecule has 0 N–H and O–H groups in total. The van der Waals surface area contributed by atoms with Crippen molar-refractivity contribution in [3.8, 4) is 17.2 Å². The van der Waals surface area contributed by atoms with Gasteiger partial charge < -0.3 is 19.1 Å². The van der Waals surface area contributed by atoms with Gasteiger partial charge in [0.25, 0.3) is 0 Å². The van der Waals surface area contributed by atoms with Crippen LogP contribution in [-0.2, 0) is 0 Å². The van der Waals surface area contributed by atoms with Gasteiger partial charge in [-0.2, -0.15) is 0 Å². The number of carbonyl (C=O) groups excluding carboxylic acids is 1. The molecule has 0 saturated heterocycles. The molecule has 3 aromatic rings. The molecule has 0 amide bonds. The Morgan fingerprint density at radius 2 is 1.67 bits per heavy atom. The van der Waals surface area contributed by atoms with Gasteiger partial charge in [-0.1, -0.05) is 42.5 Å². The molecule has 0 bridgehead atoms. The Balaban J connectivity index is 1.44. The van der Waals surface area contributed by atoms with Gasteiger partial charge in [-0.05, 0) is 35.9 Å². The standard InChI is InChI=1S/C25H19NO4/c27-25(17-10-11-22-23(12-17)29-15-28-22)19-14-26-20-8-4-5-9-21(20)30-24(26)13-18(19)16-6-2-1-3-7-16/h1-12,14,18,24H,13,15H2/t18-,24+/m0/s1. The molecule has 0 aliphatic carbocycles. The Morgan fingerprint density at radius 3 is 2.57 bits per heavy atom. The number of ether oxygens (including phenoxy) is 3. The quantitative estimate of drug-likeness (QED) is 0.589. The third-order valence-electron chi connectivity index (χ3n) is 5.91. The van der Waals surface area contributed by atoms with Crippen molar-refractivity contribution in [3.05, 3.63) is 95.7 Å². The zero-order valence-electron chi connectivity index (χ0n) is 16.2. The molecule has 0 unspecified atom stereocenters. The highest BCUT2D eigenvalue weighted by Crippen LogP contribution is 2.46. The summed E-state index contributed by atoms with van der Waals surface area (Å²) in [7, 11) is 0. The molecule has 0 fully saturated rings. The van der Waals surface area contributed by atoms with Crippen molar-refractivity contribution in [1.29, 1.82) is 0 Å². The normalized spacial score (nSPS) is 20.8. The van der Waals surface area contributed by atoms with Crippen LogP contribution in [0.2, 0.25) is 0 Å². The summed E-state index contributed by atoms with van der Waals surface area (Å²) in [5.74, 6) is 2.07. The van der Waals surface area contributed by atoms with Gasteiger partial charge in [-0.15, -0.1) is 0 Å². The van der Waals surface area contributed by atoms with Crippen LogP contribution in [0.25, 0.3) is 0 Å². The fraction of sp³-hybridized carbons (Fsp3) is 0.160. The van der Waals surface area contributed by atoms with E-state index in [0.717, 1.165) is 22.6 Å². The van der Waals surface area contributed by atoms with Crippen molar-refractivity contribution in [3.63, 3.8) is 0 Å². The topological polar surface area (TPSA) is 48.0 Å². The van der Waals surface area contributed by atoms with E-state index in [4.69, 9.17) is 14.2 Å². The van der Waals surface area contributed by atoms with E-state index in [0.29, 0.717) is 23.5 Å².